The lowest BCUT2D eigenvalue weighted by atomic mass is 10.0. The molecule has 0 atom stereocenters. The van der Waals surface area contributed by atoms with Crippen LogP contribution < -0.4 is 5.32 Å². The van der Waals surface area contributed by atoms with E-state index in [0.29, 0.717) is 11.3 Å². The van der Waals surface area contributed by atoms with E-state index in [1.54, 1.807) is 34.9 Å². The predicted molar refractivity (Wildman–Crippen MR) is 82.4 cm³/mol. The quantitative estimate of drug-likeness (QED) is 0.879. The summed E-state index contributed by atoms with van der Waals surface area (Å²) in [4.78, 5) is 25.6. The standard InChI is InChI=1S/C15H23F3N4O2/c1-9-11(10(2)22(20-9)8-15(16,17)18)7-12(23)19-14(3,4)13(24)21(5)6/h7-8H2,1-6H3,(H,19,23). The number of halogens is 3. The number of rotatable bonds is 5. The Morgan fingerprint density at radius 2 is 1.75 bits per heavy atom. The minimum Gasteiger partial charge on any atom is -0.347 e. The van der Waals surface area contributed by atoms with Gasteiger partial charge in [0.05, 0.1) is 12.1 Å². The van der Waals surface area contributed by atoms with Crippen LogP contribution in [0, 0.1) is 13.8 Å². The highest BCUT2D eigenvalue weighted by atomic mass is 19.4. The number of carbonyl (C=O) groups excluding carboxylic acids is 2. The first-order valence-electron chi connectivity index (χ1n) is 7.37. The van der Waals surface area contributed by atoms with Crippen LogP contribution >= 0.6 is 0 Å². The first-order chi connectivity index (χ1) is 10.7. The Balaban J connectivity index is 2.90. The molecule has 0 bridgehead atoms. The molecule has 0 saturated heterocycles. The molecular weight excluding hydrogens is 325 g/mol. The van der Waals surface area contributed by atoms with Crippen molar-refractivity contribution in [1.82, 2.24) is 20.0 Å². The molecule has 0 aliphatic heterocycles. The second-order valence-corrected chi connectivity index (χ2v) is 6.47. The maximum atomic E-state index is 12.5. The molecule has 0 spiro atoms. The molecule has 1 aromatic rings. The number of alkyl halides is 3. The number of likely N-dealkylation sites (N-methyl/N-ethyl adjacent to an activating group) is 1. The Morgan fingerprint density at radius 3 is 2.21 bits per heavy atom. The molecule has 9 heteroatoms. The van der Waals surface area contributed by atoms with E-state index in [1.165, 1.54) is 11.8 Å². The lowest BCUT2D eigenvalue weighted by Crippen LogP contribution is -2.54. The zero-order chi connectivity index (χ0) is 18.9. The number of amides is 2. The van der Waals surface area contributed by atoms with Gasteiger partial charge in [-0.3, -0.25) is 14.3 Å². The molecule has 0 fully saturated rings. The van der Waals surface area contributed by atoms with Crippen molar-refractivity contribution < 1.29 is 22.8 Å². The maximum Gasteiger partial charge on any atom is 0.408 e. The van der Waals surface area contributed by atoms with Crippen LogP contribution in [0.3, 0.4) is 0 Å². The molecule has 24 heavy (non-hydrogen) atoms. The van der Waals surface area contributed by atoms with Gasteiger partial charge in [0, 0.05) is 25.4 Å². The molecule has 1 N–H and O–H groups in total. The van der Waals surface area contributed by atoms with Gasteiger partial charge in [0.1, 0.15) is 12.1 Å². The van der Waals surface area contributed by atoms with Crippen LogP contribution in [0.5, 0.6) is 0 Å². The van der Waals surface area contributed by atoms with Crippen molar-refractivity contribution in [3.63, 3.8) is 0 Å². The molecule has 1 aromatic heterocycles. The zero-order valence-corrected chi connectivity index (χ0v) is 14.7. The summed E-state index contributed by atoms with van der Waals surface area (Å²) in [6.45, 7) is 4.98. The Bertz CT molecular complexity index is 633. The number of aromatic nitrogens is 2. The number of aryl methyl sites for hydroxylation is 1. The summed E-state index contributed by atoms with van der Waals surface area (Å²) in [5, 5.41) is 6.46. The molecular formula is C15H23F3N4O2. The van der Waals surface area contributed by atoms with Gasteiger partial charge in [0.15, 0.2) is 0 Å². The lowest BCUT2D eigenvalue weighted by Gasteiger charge is -2.28. The SMILES string of the molecule is Cc1nn(CC(F)(F)F)c(C)c1CC(=O)NC(C)(C)C(=O)N(C)C. The normalized spacial score (nSPS) is 12.2. The average Bonchev–Trinajstić information content (AvgIpc) is 2.62. The fourth-order valence-electron chi connectivity index (χ4n) is 2.48. The highest BCUT2D eigenvalue weighted by Gasteiger charge is 2.32. The van der Waals surface area contributed by atoms with Crippen LogP contribution in [0.4, 0.5) is 13.2 Å². The minimum absolute atomic E-state index is 0.139. The summed E-state index contributed by atoms with van der Waals surface area (Å²) in [5.74, 6) is -0.731. The monoisotopic (exact) mass is 348 g/mol. The average molecular weight is 348 g/mol. The van der Waals surface area contributed by atoms with Crippen LogP contribution in [-0.2, 0) is 22.6 Å². The molecule has 0 aliphatic carbocycles. The maximum absolute atomic E-state index is 12.5. The second kappa shape index (κ2) is 6.82. The number of hydrogen-bond acceptors (Lipinski definition) is 3. The van der Waals surface area contributed by atoms with Gasteiger partial charge in [0.25, 0.3) is 0 Å². The summed E-state index contributed by atoms with van der Waals surface area (Å²) in [5.41, 5.74) is -0.0186. The van der Waals surface area contributed by atoms with Gasteiger partial charge in [0.2, 0.25) is 11.8 Å². The summed E-state index contributed by atoms with van der Waals surface area (Å²) in [6.07, 6.45) is -4.53. The molecule has 136 valence electrons. The van der Waals surface area contributed by atoms with E-state index >= 15 is 0 Å². The summed E-state index contributed by atoms with van der Waals surface area (Å²) in [6, 6.07) is 0. The van der Waals surface area contributed by atoms with E-state index in [4.69, 9.17) is 0 Å². The van der Waals surface area contributed by atoms with Gasteiger partial charge < -0.3 is 10.2 Å². The van der Waals surface area contributed by atoms with Crippen molar-refractivity contribution in [2.75, 3.05) is 14.1 Å². The molecule has 0 radical (unpaired) electrons. The van der Waals surface area contributed by atoms with Crippen molar-refractivity contribution in [1.29, 1.82) is 0 Å². The minimum atomic E-state index is -4.39. The van der Waals surface area contributed by atoms with Gasteiger partial charge in [-0.05, 0) is 27.7 Å². The second-order valence-electron chi connectivity index (χ2n) is 6.47. The predicted octanol–water partition coefficient (Wildman–Crippen LogP) is 1.59. The lowest BCUT2D eigenvalue weighted by molar-refractivity contribution is -0.143. The molecule has 6 nitrogen and oxygen atoms in total. The Hall–Kier alpha value is -2.06. The highest BCUT2D eigenvalue weighted by Crippen LogP contribution is 2.21. The van der Waals surface area contributed by atoms with Gasteiger partial charge in [-0.25, -0.2) is 0 Å². The van der Waals surface area contributed by atoms with E-state index in [2.05, 4.69) is 10.4 Å². The number of hydrogen-bond donors (Lipinski definition) is 1. The molecule has 0 unspecified atom stereocenters. The Kier molecular flexibility index (Phi) is 5.68. The Labute approximate surface area is 139 Å². The van der Waals surface area contributed by atoms with Gasteiger partial charge in [-0.2, -0.15) is 18.3 Å². The van der Waals surface area contributed by atoms with Gasteiger partial charge in [-0.1, -0.05) is 0 Å². The number of carbonyl (C=O) groups is 2. The summed E-state index contributed by atoms with van der Waals surface area (Å²) < 4.78 is 38.4. The van der Waals surface area contributed by atoms with Crippen LogP contribution in [0.2, 0.25) is 0 Å². The fourth-order valence-corrected chi connectivity index (χ4v) is 2.48. The van der Waals surface area contributed by atoms with Crippen molar-refractivity contribution in [2.45, 2.75) is 52.4 Å². The van der Waals surface area contributed by atoms with Crippen LogP contribution in [0.25, 0.3) is 0 Å². The van der Waals surface area contributed by atoms with E-state index in [1.807, 2.05) is 0 Å². The molecule has 0 aromatic carbocycles. The first-order valence-corrected chi connectivity index (χ1v) is 7.37. The van der Waals surface area contributed by atoms with E-state index in [-0.39, 0.29) is 18.0 Å². The molecule has 0 aliphatic rings. The van der Waals surface area contributed by atoms with E-state index in [9.17, 15) is 22.8 Å². The first kappa shape index (κ1) is 20.0. The highest BCUT2D eigenvalue weighted by molar-refractivity contribution is 5.91. The van der Waals surface area contributed by atoms with Gasteiger partial charge >= 0.3 is 6.18 Å². The Morgan fingerprint density at radius 1 is 1.21 bits per heavy atom. The zero-order valence-electron chi connectivity index (χ0n) is 14.7. The smallest absolute Gasteiger partial charge is 0.347 e. The van der Waals surface area contributed by atoms with Crippen LogP contribution in [0.1, 0.15) is 30.8 Å². The topological polar surface area (TPSA) is 67.2 Å². The molecule has 2 amide bonds. The van der Waals surface area contributed by atoms with Crippen molar-refractivity contribution in [3.05, 3.63) is 17.0 Å². The number of nitrogens with zero attached hydrogens (tertiary/aromatic N) is 3. The third-order valence-electron chi connectivity index (χ3n) is 3.59. The molecule has 1 rings (SSSR count). The third kappa shape index (κ3) is 4.97. The van der Waals surface area contributed by atoms with E-state index in [0.717, 1.165) is 4.68 Å². The van der Waals surface area contributed by atoms with Crippen molar-refractivity contribution in [3.8, 4) is 0 Å². The third-order valence-corrected chi connectivity index (χ3v) is 3.59. The fraction of sp³-hybridized carbons (Fsp3) is 0.667. The largest absolute Gasteiger partial charge is 0.408 e. The van der Waals surface area contributed by atoms with Gasteiger partial charge in [-0.15, -0.1) is 0 Å². The molecule has 1 heterocycles. The van der Waals surface area contributed by atoms with Crippen molar-refractivity contribution in [2.24, 2.45) is 0 Å². The van der Waals surface area contributed by atoms with Crippen molar-refractivity contribution >= 4 is 11.8 Å². The summed E-state index contributed by atoms with van der Waals surface area (Å²) >= 11 is 0. The van der Waals surface area contributed by atoms with Crippen LogP contribution in [0.15, 0.2) is 0 Å². The number of nitrogens with one attached hydrogen (secondary N) is 1. The molecule has 0 saturated carbocycles. The van der Waals surface area contributed by atoms with Crippen LogP contribution in [-0.4, -0.2) is 52.3 Å². The van der Waals surface area contributed by atoms with E-state index < -0.39 is 24.2 Å². The summed E-state index contributed by atoms with van der Waals surface area (Å²) in [7, 11) is 3.15.